The minimum atomic E-state index is -0.760. The third-order valence-electron chi connectivity index (χ3n) is 4.69. The maximum atomic E-state index is 11.6. The van der Waals surface area contributed by atoms with Gasteiger partial charge in [0, 0.05) is 26.9 Å². The van der Waals surface area contributed by atoms with Gasteiger partial charge in [-0.15, -0.1) is 16.4 Å². The average Bonchev–Trinajstić information content (AvgIpc) is 3.22. The molecule has 0 spiro atoms. The Labute approximate surface area is 164 Å². The molecule has 1 aliphatic rings. The standard InChI is InChI=1S/C19H15N5O3S/c1-9-7-12(10(2)28-9)17-16-15(11-5-3-4-6-14(11)24(25)26)13(8-20)18(21)27-19(16)23-22-17/h3-7,15H,21H2,1-2H3,(H,22,23)/t15-/m0/s1. The van der Waals surface area contributed by atoms with Gasteiger partial charge in [0.05, 0.1) is 22.1 Å². The Morgan fingerprint density at radius 2 is 2.14 bits per heavy atom. The van der Waals surface area contributed by atoms with Crippen molar-refractivity contribution in [3.63, 3.8) is 0 Å². The first-order chi connectivity index (χ1) is 13.4. The van der Waals surface area contributed by atoms with Crippen molar-refractivity contribution in [1.29, 1.82) is 5.26 Å². The Balaban J connectivity index is 2.02. The molecule has 28 heavy (non-hydrogen) atoms. The van der Waals surface area contributed by atoms with Crippen LogP contribution in [0.2, 0.25) is 0 Å². The van der Waals surface area contributed by atoms with E-state index >= 15 is 0 Å². The summed E-state index contributed by atoms with van der Waals surface area (Å²) in [6.07, 6.45) is 0. The molecule has 0 unspecified atom stereocenters. The molecule has 0 fully saturated rings. The van der Waals surface area contributed by atoms with Crippen LogP contribution in [0.3, 0.4) is 0 Å². The number of fused-ring (bicyclic) bond motifs is 1. The van der Waals surface area contributed by atoms with Gasteiger partial charge < -0.3 is 10.5 Å². The lowest BCUT2D eigenvalue weighted by Gasteiger charge is -2.23. The number of nitrogens with one attached hydrogen (secondary N) is 1. The van der Waals surface area contributed by atoms with E-state index in [2.05, 4.69) is 16.3 Å². The van der Waals surface area contributed by atoms with Crippen LogP contribution >= 0.6 is 11.3 Å². The van der Waals surface area contributed by atoms with Gasteiger partial charge in [0.25, 0.3) is 5.69 Å². The highest BCUT2D eigenvalue weighted by atomic mass is 32.1. The van der Waals surface area contributed by atoms with Crippen LogP contribution in [-0.2, 0) is 0 Å². The summed E-state index contributed by atoms with van der Waals surface area (Å²) in [5.74, 6) is -0.643. The molecule has 0 aliphatic carbocycles. The molecule has 1 aliphatic heterocycles. The molecule has 1 atom stereocenters. The number of hydrogen-bond acceptors (Lipinski definition) is 7. The number of aryl methyl sites for hydroxylation is 2. The largest absolute Gasteiger partial charge is 0.420 e. The zero-order valence-electron chi connectivity index (χ0n) is 15.0. The zero-order valence-corrected chi connectivity index (χ0v) is 15.8. The van der Waals surface area contributed by atoms with Crippen LogP contribution in [-0.4, -0.2) is 15.1 Å². The summed E-state index contributed by atoms with van der Waals surface area (Å²) in [6, 6.07) is 10.4. The monoisotopic (exact) mass is 393 g/mol. The molecule has 4 rings (SSSR count). The van der Waals surface area contributed by atoms with Crippen LogP contribution in [0.15, 0.2) is 41.8 Å². The molecular weight excluding hydrogens is 378 g/mol. The third-order valence-corrected chi connectivity index (χ3v) is 5.66. The number of aromatic amines is 1. The van der Waals surface area contributed by atoms with E-state index < -0.39 is 10.8 Å². The van der Waals surface area contributed by atoms with Crippen molar-refractivity contribution in [1.82, 2.24) is 10.2 Å². The molecule has 0 radical (unpaired) electrons. The molecule has 8 nitrogen and oxygen atoms in total. The Bertz CT molecular complexity index is 1180. The van der Waals surface area contributed by atoms with E-state index in [1.807, 2.05) is 19.9 Å². The summed E-state index contributed by atoms with van der Waals surface area (Å²) in [7, 11) is 0. The molecule has 3 heterocycles. The first-order valence-corrected chi connectivity index (χ1v) is 9.20. The number of thiophene rings is 1. The number of nitrogens with two attached hydrogens (primary N) is 1. The fourth-order valence-electron chi connectivity index (χ4n) is 3.54. The first-order valence-electron chi connectivity index (χ1n) is 8.39. The Hall–Kier alpha value is -3.64. The number of para-hydroxylation sites is 1. The number of H-pyrrole nitrogens is 1. The lowest BCUT2D eigenvalue weighted by atomic mass is 9.82. The number of benzene rings is 1. The van der Waals surface area contributed by atoms with Crippen LogP contribution in [0.4, 0.5) is 5.69 Å². The van der Waals surface area contributed by atoms with Crippen molar-refractivity contribution in [2.45, 2.75) is 19.8 Å². The maximum Gasteiger partial charge on any atom is 0.273 e. The minimum Gasteiger partial charge on any atom is -0.420 e. The van der Waals surface area contributed by atoms with E-state index in [0.29, 0.717) is 16.8 Å². The number of nitriles is 1. The number of hydrogen-bond donors (Lipinski definition) is 2. The van der Waals surface area contributed by atoms with E-state index in [1.54, 1.807) is 29.5 Å². The number of nitrogens with zero attached hydrogens (tertiary/aromatic N) is 3. The summed E-state index contributed by atoms with van der Waals surface area (Å²) in [5, 5.41) is 28.6. The topological polar surface area (TPSA) is 131 Å². The van der Waals surface area contributed by atoms with Crippen molar-refractivity contribution < 1.29 is 9.66 Å². The van der Waals surface area contributed by atoms with Gasteiger partial charge in [0.1, 0.15) is 11.6 Å². The molecular formula is C19H15N5O3S. The van der Waals surface area contributed by atoms with Gasteiger partial charge >= 0.3 is 0 Å². The summed E-state index contributed by atoms with van der Waals surface area (Å²) >= 11 is 1.63. The smallest absolute Gasteiger partial charge is 0.273 e. The number of aromatic nitrogens is 2. The van der Waals surface area contributed by atoms with Gasteiger partial charge in [-0.1, -0.05) is 18.2 Å². The van der Waals surface area contributed by atoms with Gasteiger partial charge in [-0.05, 0) is 19.9 Å². The minimum absolute atomic E-state index is 0.0914. The summed E-state index contributed by atoms with van der Waals surface area (Å²) in [4.78, 5) is 13.3. The molecule has 0 saturated heterocycles. The van der Waals surface area contributed by atoms with Gasteiger partial charge in [-0.2, -0.15) is 5.26 Å². The number of nitro benzene ring substituents is 1. The Morgan fingerprint density at radius 3 is 2.79 bits per heavy atom. The molecule has 9 heteroatoms. The molecule has 2 aromatic heterocycles. The summed E-state index contributed by atoms with van der Waals surface area (Å²) < 4.78 is 5.56. The third kappa shape index (κ3) is 2.62. The van der Waals surface area contributed by atoms with Crippen LogP contribution in [0.5, 0.6) is 5.88 Å². The lowest BCUT2D eigenvalue weighted by Crippen LogP contribution is -2.21. The van der Waals surface area contributed by atoms with E-state index in [9.17, 15) is 15.4 Å². The van der Waals surface area contributed by atoms with Crippen LogP contribution < -0.4 is 10.5 Å². The van der Waals surface area contributed by atoms with Gasteiger partial charge in [0.15, 0.2) is 0 Å². The number of nitro groups is 1. The van der Waals surface area contributed by atoms with Gasteiger partial charge in [0.2, 0.25) is 11.8 Å². The fraction of sp³-hybridized carbons (Fsp3) is 0.158. The van der Waals surface area contributed by atoms with Crippen LogP contribution in [0, 0.1) is 35.3 Å². The molecule has 140 valence electrons. The highest BCUT2D eigenvalue weighted by Gasteiger charge is 2.39. The highest BCUT2D eigenvalue weighted by molar-refractivity contribution is 7.12. The Kier molecular flexibility index (Phi) is 4.13. The van der Waals surface area contributed by atoms with E-state index in [0.717, 1.165) is 15.3 Å². The SMILES string of the molecule is Cc1cc(-c2[nH]nc3c2[C@@H](c2ccccc2[N+](=O)[O-])C(C#N)=C(N)O3)c(C)s1. The fourth-order valence-corrected chi connectivity index (χ4v) is 4.47. The second-order valence-electron chi connectivity index (χ2n) is 6.39. The van der Waals surface area contributed by atoms with E-state index in [-0.39, 0.29) is 23.0 Å². The average molecular weight is 393 g/mol. The van der Waals surface area contributed by atoms with E-state index in [4.69, 9.17) is 10.5 Å². The second kappa shape index (κ2) is 6.51. The molecule has 0 saturated carbocycles. The molecule has 1 aromatic carbocycles. The summed E-state index contributed by atoms with van der Waals surface area (Å²) in [5.41, 5.74) is 8.50. The van der Waals surface area contributed by atoms with Crippen LogP contribution in [0.25, 0.3) is 11.3 Å². The normalized spacial score (nSPS) is 15.7. The van der Waals surface area contributed by atoms with Gasteiger partial charge in [-0.3, -0.25) is 15.2 Å². The Morgan fingerprint density at radius 1 is 1.39 bits per heavy atom. The number of allylic oxidation sites excluding steroid dienone is 1. The lowest BCUT2D eigenvalue weighted by molar-refractivity contribution is -0.385. The van der Waals surface area contributed by atoms with Crippen molar-refractivity contribution in [3.05, 3.63) is 72.8 Å². The van der Waals surface area contributed by atoms with Crippen molar-refractivity contribution in [2.75, 3.05) is 0 Å². The first kappa shape index (κ1) is 17.8. The number of rotatable bonds is 3. The van der Waals surface area contributed by atoms with Crippen molar-refractivity contribution in [3.8, 4) is 23.2 Å². The van der Waals surface area contributed by atoms with Crippen molar-refractivity contribution in [2.24, 2.45) is 5.73 Å². The second-order valence-corrected chi connectivity index (χ2v) is 7.85. The zero-order chi connectivity index (χ0) is 20.0. The predicted octanol–water partition coefficient (Wildman–Crippen LogP) is 3.88. The molecule has 3 aromatic rings. The summed E-state index contributed by atoms with van der Waals surface area (Å²) in [6.45, 7) is 3.98. The van der Waals surface area contributed by atoms with E-state index in [1.165, 1.54) is 6.07 Å². The molecule has 3 N–H and O–H groups in total. The van der Waals surface area contributed by atoms with Crippen LogP contribution in [0.1, 0.15) is 26.8 Å². The maximum absolute atomic E-state index is 11.6. The highest BCUT2D eigenvalue weighted by Crippen LogP contribution is 2.48. The molecule has 0 bridgehead atoms. The quantitative estimate of drug-likeness (QED) is 0.513. The number of ether oxygens (including phenoxy) is 1. The molecule has 0 amide bonds. The van der Waals surface area contributed by atoms with Crippen molar-refractivity contribution >= 4 is 17.0 Å². The van der Waals surface area contributed by atoms with Gasteiger partial charge in [-0.25, -0.2) is 0 Å². The predicted molar refractivity (Wildman–Crippen MR) is 104 cm³/mol.